The summed E-state index contributed by atoms with van der Waals surface area (Å²) < 4.78 is 10.4. The van der Waals surface area contributed by atoms with Gasteiger partial charge in [-0.25, -0.2) is 0 Å². The van der Waals surface area contributed by atoms with Crippen LogP contribution >= 0.6 is 0 Å². The third-order valence-corrected chi connectivity index (χ3v) is 59.6. The Labute approximate surface area is 278 Å². The molecule has 2 unspecified atom stereocenters. The van der Waals surface area contributed by atoms with E-state index < -0.39 is 14.2 Å². The first-order chi connectivity index (χ1) is 22.2. The predicted molar refractivity (Wildman–Crippen MR) is 208 cm³/mol. The van der Waals surface area contributed by atoms with E-state index in [0.717, 1.165) is 0 Å². The summed E-state index contributed by atoms with van der Waals surface area (Å²) in [6, 6.07) is 44.2. The van der Waals surface area contributed by atoms with Crippen LogP contribution in [0.15, 0.2) is 127 Å². The van der Waals surface area contributed by atoms with E-state index in [1.54, 1.807) is 3.32 Å². The van der Waals surface area contributed by atoms with E-state index in [9.17, 15) is 0 Å². The number of benzene rings is 5. The Balaban J connectivity index is 1.47. The van der Waals surface area contributed by atoms with Crippen molar-refractivity contribution in [2.75, 3.05) is 0 Å². The number of hydrogen-bond acceptors (Lipinski definition) is 0. The monoisotopic (exact) mass is 798 g/mol. The minimum atomic E-state index is -5.37. The van der Waals surface area contributed by atoms with Gasteiger partial charge in [0.25, 0.3) is 0 Å². The van der Waals surface area contributed by atoms with Crippen LogP contribution < -0.4 is 3.32 Å². The molecule has 5 aromatic carbocycles. The number of rotatable bonds is 7. The summed E-state index contributed by atoms with van der Waals surface area (Å²) in [5.74, 6) is 0.994. The number of allylic oxidation sites excluding steroid dienone is 2. The van der Waals surface area contributed by atoms with Crippen LogP contribution in [0.3, 0.4) is 0 Å². The zero-order valence-electron chi connectivity index (χ0n) is 29.3. The van der Waals surface area contributed by atoms with E-state index in [2.05, 4.69) is 188 Å². The van der Waals surface area contributed by atoms with Crippen LogP contribution in [0.1, 0.15) is 80.3 Å². The standard InChI is InChI=1S/2C18H17.C6H5.3CH3.Hf.H2Si/c2*1-13(2)15-8-3-9-16(12-15)18-11-5-7-14-6-4-10-17(14)18;1-2-4-6-5-3-1;;;;;/h2*3-13H,1-2H3;1-5H;3*1H3;;1H2. The summed E-state index contributed by atoms with van der Waals surface area (Å²) in [6.07, 6.45) is 10.1. The van der Waals surface area contributed by atoms with Gasteiger partial charge in [0.2, 0.25) is 0 Å². The van der Waals surface area contributed by atoms with E-state index in [-0.39, 0.29) is 7.35 Å². The predicted octanol–water partition coefficient (Wildman–Crippen LogP) is 11.9. The number of fused-ring (bicyclic) bond motifs is 2. The molecule has 0 aromatic heterocycles. The molecule has 2 atom stereocenters. The minimum absolute atomic E-state index is 0.289. The Hall–Kier alpha value is -3.33. The van der Waals surface area contributed by atoms with Crippen molar-refractivity contribution in [1.29, 1.82) is 0 Å². The zero-order chi connectivity index (χ0) is 33.3. The average Bonchev–Trinajstić information content (AvgIpc) is 3.72. The zero-order valence-corrected chi connectivity index (χ0v) is 34.3. The van der Waals surface area contributed by atoms with E-state index in [1.807, 2.05) is 0 Å². The van der Waals surface area contributed by atoms with Gasteiger partial charge in [0.05, 0.1) is 0 Å². The van der Waals surface area contributed by atoms with Crippen LogP contribution in [0.4, 0.5) is 0 Å². The van der Waals surface area contributed by atoms with Gasteiger partial charge in [-0.05, 0) is 0 Å². The van der Waals surface area contributed by atoms with Crippen LogP contribution in [-0.4, -0.2) is 6.94 Å². The van der Waals surface area contributed by atoms with Crippen molar-refractivity contribution in [2.45, 2.75) is 60.9 Å². The summed E-state index contributed by atoms with van der Waals surface area (Å²) in [5.41, 5.74) is 13.9. The normalized spacial score (nSPS) is 19.2. The molecule has 0 radical (unpaired) electrons. The van der Waals surface area contributed by atoms with Gasteiger partial charge in [0, 0.05) is 0 Å². The Morgan fingerprint density at radius 3 is 1.36 bits per heavy atom. The number of hydrogen-bond donors (Lipinski definition) is 0. The van der Waals surface area contributed by atoms with Crippen LogP contribution in [0.25, 0.3) is 34.4 Å². The Morgan fingerprint density at radius 1 is 0.511 bits per heavy atom. The van der Waals surface area contributed by atoms with Crippen molar-refractivity contribution in [1.82, 2.24) is 0 Å². The Kier molecular flexibility index (Phi) is 6.92. The van der Waals surface area contributed by atoms with Gasteiger partial charge < -0.3 is 0 Å². The summed E-state index contributed by atoms with van der Waals surface area (Å²) in [6.45, 7) is 11.6. The van der Waals surface area contributed by atoms with E-state index in [1.165, 1.54) is 55.6 Å². The fourth-order valence-corrected chi connectivity index (χ4v) is 47.6. The molecule has 7 rings (SSSR count). The van der Waals surface area contributed by atoms with Gasteiger partial charge in [-0.3, -0.25) is 0 Å². The van der Waals surface area contributed by atoms with Crippen molar-refractivity contribution in [3.05, 3.63) is 161 Å². The second-order valence-corrected chi connectivity index (χ2v) is 95.5. The quantitative estimate of drug-likeness (QED) is 0.144. The van der Waals surface area contributed by atoms with Gasteiger partial charge in [0.15, 0.2) is 0 Å². The molecular formula is C45H50HfSi. The molecule has 0 N–H and O–H groups in total. The molecule has 0 bridgehead atoms. The van der Waals surface area contributed by atoms with Crippen LogP contribution in [0.5, 0.6) is 0 Å². The van der Waals surface area contributed by atoms with Gasteiger partial charge in [-0.1, -0.05) is 0 Å². The molecule has 0 saturated heterocycles. The third kappa shape index (κ3) is 4.69. The van der Waals surface area contributed by atoms with E-state index in [0.29, 0.717) is 11.8 Å². The second-order valence-electron chi connectivity index (χ2n) is 18.3. The van der Waals surface area contributed by atoms with Crippen molar-refractivity contribution < 1.29 is 14.2 Å². The van der Waals surface area contributed by atoms with Gasteiger partial charge in [-0.15, -0.1) is 0 Å². The molecule has 0 spiro atoms. The van der Waals surface area contributed by atoms with Crippen LogP contribution in [-0.2, 0) is 14.2 Å². The summed E-state index contributed by atoms with van der Waals surface area (Å²) >= 11 is -5.37. The third-order valence-electron chi connectivity index (χ3n) is 12.7. The topological polar surface area (TPSA) is 0 Å². The summed E-state index contributed by atoms with van der Waals surface area (Å²) in [5, 5.41) is 0. The molecule has 0 fully saturated rings. The van der Waals surface area contributed by atoms with Gasteiger partial charge in [0.1, 0.15) is 0 Å². The molecule has 0 amide bonds. The fraction of sp³-hybridized carbons (Fsp3) is 0.244. The maximum absolute atomic E-state index is 5.37. The summed E-state index contributed by atoms with van der Waals surface area (Å²) in [4.78, 5) is 0. The molecule has 0 saturated carbocycles. The molecule has 0 heterocycles. The first kappa shape index (κ1) is 32.2. The summed E-state index contributed by atoms with van der Waals surface area (Å²) in [7, 11) is 0. The van der Waals surface area contributed by atoms with E-state index >= 15 is 0 Å². The average molecular weight is 797 g/mol. The molecule has 2 aliphatic rings. The molecule has 0 aliphatic heterocycles. The Bertz CT molecular complexity index is 2110. The van der Waals surface area contributed by atoms with Gasteiger partial charge in [-0.2, -0.15) is 0 Å². The molecule has 238 valence electrons. The molecule has 2 heteroatoms. The van der Waals surface area contributed by atoms with Crippen molar-refractivity contribution in [3.8, 4) is 22.3 Å². The SMILES string of the molecule is CC(C)c1cccc(-c2cccc3c2C=C[CH]3[Hf]([CH3])([CH3])([CH3])(=[SiH2])([c]2ccccc2)[CH]2C=Cc3c(-c4cccc(C(C)C)c4)cccc32)c1. The molecule has 2 aliphatic carbocycles. The van der Waals surface area contributed by atoms with Gasteiger partial charge >= 0.3 is 281 Å². The Morgan fingerprint density at radius 2 is 0.936 bits per heavy atom. The van der Waals surface area contributed by atoms with E-state index in [4.69, 9.17) is 0 Å². The first-order valence-corrected chi connectivity index (χ1v) is 42.6. The first-order valence-electron chi connectivity index (χ1n) is 17.6. The molecule has 47 heavy (non-hydrogen) atoms. The fourth-order valence-electron chi connectivity index (χ4n) is 9.52. The second kappa shape index (κ2) is 10.1. The van der Waals surface area contributed by atoms with Crippen molar-refractivity contribution in [3.63, 3.8) is 0 Å². The van der Waals surface area contributed by atoms with Crippen molar-refractivity contribution >= 4 is 22.4 Å². The van der Waals surface area contributed by atoms with Crippen LogP contribution in [0.2, 0.25) is 14.0 Å². The maximum atomic E-state index is 2.77. The van der Waals surface area contributed by atoms with Crippen molar-refractivity contribution in [2.24, 2.45) is 0 Å². The molecular weight excluding hydrogens is 747 g/mol. The molecule has 0 nitrogen and oxygen atoms in total. The molecule has 5 aromatic rings. The van der Waals surface area contributed by atoms with Crippen LogP contribution in [0, 0.1) is 0 Å².